The molecule has 120 valence electrons. The van der Waals surface area contributed by atoms with Crippen LogP contribution in [0.4, 0.5) is 0 Å². The van der Waals surface area contributed by atoms with E-state index in [1.165, 1.54) is 5.57 Å². The van der Waals surface area contributed by atoms with E-state index in [1.54, 1.807) is 0 Å². The third kappa shape index (κ3) is 1.70. The van der Waals surface area contributed by atoms with E-state index in [2.05, 4.69) is 26.0 Å². The first kappa shape index (κ1) is 14.5. The van der Waals surface area contributed by atoms with Crippen LogP contribution in [0.5, 0.6) is 0 Å². The minimum Gasteiger partial charge on any atom is -0.402 e. The van der Waals surface area contributed by atoms with E-state index in [4.69, 9.17) is 5.73 Å². The maximum absolute atomic E-state index is 10.8. The fraction of sp³-hybridized carbons (Fsp3) is 0.684. The highest BCUT2D eigenvalue weighted by Crippen LogP contribution is 2.63. The van der Waals surface area contributed by atoms with Crippen molar-refractivity contribution in [2.75, 3.05) is 0 Å². The Kier molecular flexibility index (Phi) is 2.96. The van der Waals surface area contributed by atoms with E-state index in [1.807, 2.05) is 12.2 Å². The van der Waals surface area contributed by atoms with E-state index in [0.717, 1.165) is 25.0 Å². The van der Waals surface area contributed by atoms with Crippen molar-refractivity contribution in [2.24, 2.45) is 34.3 Å². The zero-order valence-electron chi connectivity index (χ0n) is 13.5. The number of allylic oxidation sites excluding steroid dienone is 3. The maximum atomic E-state index is 10.8. The molecule has 4 N–H and O–H groups in total. The normalized spacial score (nSPS) is 53.2. The van der Waals surface area contributed by atoms with Crippen LogP contribution in [0.2, 0.25) is 0 Å². The lowest BCUT2D eigenvalue weighted by Gasteiger charge is -2.57. The predicted octanol–water partition coefficient (Wildman–Crippen LogP) is 2.51. The minimum atomic E-state index is -0.407. The molecule has 4 aliphatic rings. The van der Waals surface area contributed by atoms with Crippen molar-refractivity contribution in [1.29, 1.82) is 0 Å². The van der Waals surface area contributed by atoms with Gasteiger partial charge in [-0.2, -0.15) is 0 Å². The molecule has 3 heteroatoms. The lowest BCUT2D eigenvalue weighted by atomic mass is 9.48. The molecule has 0 aromatic carbocycles. The van der Waals surface area contributed by atoms with Crippen LogP contribution in [-0.4, -0.2) is 22.4 Å². The number of aliphatic hydroxyl groups excluding tert-OH is 2. The van der Waals surface area contributed by atoms with Crippen molar-refractivity contribution in [1.82, 2.24) is 0 Å². The number of fused-ring (bicyclic) bond motifs is 5. The average Bonchev–Trinajstić information content (AvgIpc) is 2.77. The lowest BCUT2D eigenvalue weighted by molar-refractivity contribution is -0.0557. The summed E-state index contributed by atoms with van der Waals surface area (Å²) in [7, 11) is 0. The van der Waals surface area contributed by atoms with Crippen molar-refractivity contribution in [3.63, 3.8) is 0 Å². The Bertz CT molecular complexity index is 592. The minimum absolute atomic E-state index is 0.0121. The summed E-state index contributed by atoms with van der Waals surface area (Å²) in [5.41, 5.74) is 8.58. The summed E-state index contributed by atoms with van der Waals surface area (Å²) in [6.45, 7) is 4.57. The van der Waals surface area contributed by atoms with E-state index >= 15 is 0 Å². The van der Waals surface area contributed by atoms with Crippen LogP contribution < -0.4 is 5.73 Å². The zero-order chi connectivity index (χ0) is 15.7. The first-order valence-electron chi connectivity index (χ1n) is 8.59. The third-order valence-corrected chi connectivity index (χ3v) is 7.30. The molecule has 2 unspecified atom stereocenters. The highest BCUT2D eigenvalue weighted by molar-refractivity contribution is 5.36. The molecule has 3 nitrogen and oxygen atoms in total. The van der Waals surface area contributed by atoms with Gasteiger partial charge >= 0.3 is 0 Å². The monoisotopic (exact) mass is 301 g/mol. The van der Waals surface area contributed by atoms with Gasteiger partial charge in [0.2, 0.25) is 0 Å². The zero-order valence-corrected chi connectivity index (χ0v) is 13.5. The summed E-state index contributed by atoms with van der Waals surface area (Å²) in [6, 6.07) is 0. The van der Waals surface area contributed by atoms with E-state index in [9.17, 15) is 10.2 Å². The molecule has 0 aromatic heterocycles. The van der Waals surface area contributed by atoms with Gasteiger partial charge < -0.3 is 15.9 Å². The van der Waals surface area contributed by atoms with Gasteiger partial charge in [-0.1, -0.05) is 43.7 Å². The largest absolute Gasteiger partial charge is 0.402 e. The van der Waals surface area contributed by atoms with Crippen LogP contribution in [0.1, 0.15) is 39.5 Å². The number of hydrogen-bond acceptors (Lipinski definition) is 3. The van der Waals surface area contributed by atoms with Crippen LogP contribution in [-0.2, 0) is 0 Å². The predicted molar refractivity (Wildman–Crippen MR) is 86.7 cm³/mol. The smallest absolute Gasteiger partial charge is 0.0758 e. The van der Waals surface area contributed by atoms with Crippen LogP contribution in [0.3, 0.4) is 0 Å². The Hall–Kier alpha value is -1.06. The van der Waals surface area contributed by atoms with Gasteiger partial charge in [0.05, 0.1) is 12.2 Å². The summed E-state index contributed by atoms with van der Waals surface area (Å²) in [5, 5.41) is 20.8. The second-order valence-corrected chi connectivity index (χ2v) is 8.24. The Morgan fingerprint density at radius 3 is 2.77 bits per heavy atom. The van der Waals surface area contributed by atoms with E-state index < -0.39 is 12.2 Å². The molecule has 1 fully saturated rings. The Labute approximate surface area is 132 Å². The molecule has 0 amide bonds. The quantitative estimate of drug-likeness (QED) is 0.602. The third-order valence-electron chi connectivity index (χ3n) is 7.30. The Morgan fingerprint density at radius 1 is 1.23 bits per heavy atom. The van der Waals surface area contributed by atoms with E-state index in [0.29, 0.717) is 18.3 Å². The first-order chi connectivity index (χ1) is 10.4. The molecule has 0 heterocycles. The molecule has 4 rings (SSSR count). The van der Waals surface area contributed by atoms with Gasteiger partial charge in [0, 0.05) is 16.5 Å². The van der Waals surface area contributed by atoms with Gasteiger partial charge in [0.25, 0.3) is 0 Å². The lowest BCUT2D eigenvalue weighted by Crippen LogP contribution is -2.53. The highest BCUT2D eigenvalue weighted by atomic mass is 16.3. The molecule has 7 atom stereocenters. The number of aliphatic hydroxyl groups is 2. The molecular weight excluding hydrogens is 274 g/mol. The average molecular weight is 301 g/mol. The topological polar surface area (TPSA) is 66.5 Å². The number of rotatable bonds is 0. The Balaban J connectivity index is 1.77. The standard InChI is InChI=1S/C19H27NO2/c1-18-7-5-12(21)9-11(18)10-15(22)17-13-3-4-16(20)19(13,2)8-6-14(17)18/h4-5,7,10,12-15,17,21-22H,3,6,8-9,20H2,1-2H3/t12?,13-,14+,15?,17-,18-,19-/m0/s1. The summed E-state index contributed by atoms with van der Waals surface area (Å²) in [5.74, 6) is 1.16. The fourth-order valence-electron chi connectivity index (χ4n) is 5.83. The molecule has 0 saturated heterocycles. The van der Waals surface area contributed by atoms with Crippen molar-refractivity contribution in [3.05, 3.63) is 35.6 Å². The SMILES string of the molecule is C[C@]12C=CC(O)CC1=CC(O)[C@@H]1[C@H]2CC[C@]2(C)C(N)=CC[C@@H]12. The second-order valence-electron chi connectivity index (χ2n) is 8.24. The Morgan fingerprint density at radius 2 is 2.00 bits per heavy atom. The second kappa shape index (κ2) is 4.48. The van der Waals surface area contributed by atoms with Gasteiger partial charge in [-0.15, -0.1) is 0 Å². The van der Waals surface area contributed by atoms with Crippen LogP contribution in [0, 0.1) is 28.6 Å². The van der Waals surface area contributed by atoms with Crippen LogP contribution in [0.15, 0.2) is 35.6 Å². The number of hydrogen-bond donors (Lipinski definition) is 3. The maximum Gasteiger partial charge on any atom is 0.0758 e. The highest BCUT2D eigenvalue weighted by Gasteiger charge is 2.58. The number of nitrogens with two attached hydrogens (primary N) is 1. The van der Waals surface area contributed by atoms with Gasteiger partial charge in [-0.25, -0.2) is 0 Å². The summed E-state index contributed by atoms with van der Waals surface area (Å²) < 4.78 is 0. The van der Waals surface area contributed by atoms with Crippen molar-refractivity contribution < 1.29 is 10.2 Å². The van der Waals surface area contributed by atoms with Crippen molar-refractivity contribution in [3.8, 4) is 0 Å². The van der Waals surface area contributed by atoms with Gasteiger partial charge in [-0.05, 0) is 43.4 Å². The molecule has 1 saturated carbocycles. The van der Waals surface area contributed by atoms with Gasteiger partial charge in [0.15, 0.2) is 0 Å². The van der Waals surface area contributed by atoms with Crippen molar-refractivity contribution in [2.45, 2.75) is 51.7 Å². The van der Waals surface area contributed by atoms with Crippen LogP contribution in [0.25, 0.3) is 0 Å². The first-order valence-corrected chi connectivity index (χ1v) is 8.59. The molecule has 0 bridgehead atoms. The molecule has 22 heavy (non-hydrogen) atoms. The summed E-state index contributed by atoms with van der Waals surface area (Å²) in [6.07, 6.45) is 11.4. The molecule has 0 spiro atoms. The molecule has 0 aromatic rings. The van der Waals surface area contributed by atoms with E-state index in [-0.39, 0.29) is 16.7 Å². The fourth-order valence-corrected chi connectivity index (χ4v) is 5.83. The van der Waals surface area contributed by atoms with Crippen molar-refractivity contribution >= 4 is 0 Å². The summed E-state index contributed by atoms with van der Waals surface area (Å²) in [4.78, 5) is 0. The van der Waals surface area contributed by atoms with Gasteiger partial charge in [-0.3, -0.25) is 0 Å². The summed E-state index contributed by atoms with van der Waals surface area (Å²) >= 11 is 0. The molecular formula is C19H27NO2. The van der Waals surface area contributed by atoms with Crippen LogP contribution >= 0.6 is 0 Å². The molecule has 0 radical (unpaired) electrons. The molecule has 0 aliphatic heterocycles. The molecule has 4 aliphatic carbocycles. The van der Waals surface area contributed by atoms with Gasteiger partial charge in [0.1, 0.15) is 0 Å².